The second kappa shape index (κ2) is 7.66. The molecule has 1 aliphatic heterocycles. The number of piperazine rings is 1. The van der Waals surface area contributed by atoms with Gasteiger partial charge in [-0.15, -0.1) is 0 Å². The molecular weight excluding hydrogens is 261 g/mol. The molecule has 0 spiro atoms. The first-order valence-electron chi connectivity index (χ1n) is 6.41. The van der Waals surface area contributed by atoms with Gasteiger partial charge in [0.15, 0.2) is 0 Å². The Bertz CT molecular complexity index is 278. The number of carbonyl (C=O) groups excluding carboxylic acids is 1. The number of carbonyl (C=O) groups is 1. The van der Waals surface area contributed by atoms with Crippen LogP contribution < -0.4 is 11.3 Å². The van der Waals surface area contributed by atoms with Crippen LogP contribution in [0.5, 0.6) is 0 Å². The van der Waals surface area contributed by atoms with Crippen molar-refractivity contribution in [3.63, 3.8) is 0 Å². The molecule has 19 heavy (non-hydrogen) atoms. The van der Waals surface area contributed by atoms with Gasteiger partial charge >= 0.3 is 6.18 Å². The summed E-state index contributed by atoms with van der Waals surface area (Å²) in [5.74, 6) is 4.77. The average Bonchev–Trinajstić information content (AvgIpc) is 2.34. The highest BCUT2D eigenvalue weighted by atomic mass is 19.4. The Morgan fingerprint density at radius 2 is 1.68 bits per heavy atom. The fourth-order valence-corrected chi connectivity index (χ4v) is 2.12. The van der Waals surface area contributed by atoms with Crippen LogP contribution in [0.1, 0.15) is 19.3 Å². The Labute approximate surface area is 110 Å². The van der Waals surface area contributed by atoms with E-state index in [0.717, 1.165) is 19.4 Å². The molecule has 0 aliphatic carbocycles. The summed E-state index contributed by atoms with van der Waals surface area (Å²) in [5, 5.41) is 0. The number of nitrogens with zero attached hydrogens (tertiary/aromatic N) is 2. The largest absolute Gasteiger partial charge is 0.401 e. The number of hydrogen-bond acceptors (Lipinski definition) is 4. The Morgan fingerprint density at radius 1 is 1.11 bits per heavy atom. The molecule has 0 aromatic heterocycles. The van der Waals surface area contributed by atoms with Crippen molar-refractivity contribution in [3.8, 4) is 0 Å². The molecule has 112 valence electrons. The van der Waals surface area contributed by atoms with Crippen LogP contribution in [0, 0.1) is 0 Å². The topological polar surface area (TPSA) is 61.6 Å². The van der Waals surface area contributed by atoms with Crippen LogP contribution >= 0.6 is 0 Å². The standard InChI is InChI=1S/C11H21F3N4O/c12-11(13,14)9-18-7-5-17(6-8-18)4-2-1-3-10(19)16-15/h1-9,15H2,(H,16,19). The quantitative estimate of drug-likeness (QED) is 0.319. The minimum absolute atomic E-state index is 0.185. The molecule has 0 radical (unpaired) electrons. The van der Waals surface area contributed by atoms with Crippen molar-refractivity contribution >= 4 is 5.91 Å². The van der Waals surface area contributed by atoms with Gasteiger partial charge in [0.05, 0.1) is 6.54 Å². The summed E-state index contributed by atoms with van der Waals surface area (Å²) >= 11 is 0. The van der Waals surface area contributed by atoms with E-state index in [4.69, 9.17) is 5.84 Å². The number of unbranched alkanes of at least 4 members (excludes halogenated alkanes) is 1. The number of halogens is 3. The molecule has 1 heterocycles. The number of hydrogen-bond donors (Lipinski definition) is 2. The number of alkyl halides is 3. The average molecular weight is 282 g/mol. The highest BCUT2D eigenvalue weighted by Gasteiger charge is 2.31. The molecule has 0 atom stereocenters. The van der Waals surface area contributed by atoms with Crippen molar-refractivity contribution in [2.24, 2.45) is 5.84 Å². The van der Waals surface area contributed by atoms with Crippen LogP contribution in [-0.4, -0.2) is 61.2 Å². The van der Waals surface area contributed by atoms with E-state index in [1.165, 1.54) is 4.90 Å². The van der Waals surface area contributed by atoms with Gasteiger partial charge in [-0.3, -0.25) is 15.1 Å². The van der Waals surface area contributed by atoms with Crippen molar-refractivity contribution in [3.05, 3.63) is 0 Å². The molecule has 1 amide bonds. The zero-order valence-corrected chi connectivity index (χ0v) is 10.9. The molecule has 0 unspecified atom stereocenters. The monoisotopic (exact) mass is 282 g/mol. The summed E-state index contributed by atoms with van der Waals surface area (Å²) in [6, 6.07) is 0. The predicted octanol–water partition coefficient (Wildman–Crippen LogP) is 0.326. The molecule has 0 saturated carbocycles. The first-order valence-corrected chi connectivity index (χ1v) is 6.41. The van der Waals surface area contributed by atoms with Gasteiger partial charge in [-0.1, -0.05) is 0 Å². The molecule has 0 aromatic rings. The second-order valence-corrected chi connectivity index (χ2v) is 4.76. The summed E-state index contributed by atoms with van der Waals surface area (Å²) in [4.78, 5) is 14.4. The molecule has 1 saturated heterocycles. The third kappa shape index (κ3) is 7.34. The van der Waals surface area contributed by atoms with Gasteiger partial charge in [-0.05, 0) is 19.4 Å². The maximum absolute atomic E-state index is 12.2. The lowest BCUT2D eigenvalue weighted by Crippen LogP contribution is -2.49. The number of nitrogens with two attached hydrogens (primary N) is 1. The third-order valence-electron chi connectivity index (χ3n) is 3.16. The fraction of sp³-hybridized carbons (Fsp3) is 0.909. The van der Waals surface area contributed by atoms with E-state index in [1.54, 1.807) is 0 Å². The highest BCUT2D eigenvalue weighted by molar-refractivity contribution is 5.75. The van der Waals surface area contributed by atoms with Gasteiger partial charge in [-0.25, -0.2) is 5.84 Å². The minimum Gasteiger partial charge on any atom is -0.301 e. The van der Waals surface area contributed by atoms with Gasteiger partial charge in [0.25, 0.3) is 0 Å². The molecule has 1 aliphatic rings. The smallest absolute Gasteiger partial charge is 0.301 e. The third-order valence-corrected chi connectivity index (χ3v) is 3.16. The maximum Gasteiger partial charge on any atom is 0.401 e. The molecule has 5 nitrogen and oxygen atoms in total. The van der Waals surface area contributed by atoms with E-state index in [0.29, 0.717) is 32.6 Å². The zero-order chi connectivity index (χ0) is 14.3. The van der Waals surface area contributed by atoms with Crippen LogP contribution in [0.25, 0.3) is 0 Å². The predicted molar refractivity (Wildman–Crippen MR) is 65.1 cm³/mol. The Hall–Kier alpha value is -0.860. The van der Waals surface area contributed by atoms with Crippen LogP contribution in [0.2, 0.25) is 0 Å². The molecule has 1 fully saturated rings. The van der Waals surface area contributed by atoms with E-state index in [2.05, 4.69) is 10.3 Å². The summed E-state index contributed by atoms with van der Waals surface area (Å²) in [7, 11) is 0. The lowest BCUT2D eigenvalue weighted by atomic mass is 10.2. The van der Waals surface area contributed by atoms with Crippen LogP contribution in [0.4, 0.5) is 13.2 Å². The van der Waals surface area contributed by atoms with Crippen molar-refractivity contribution in [1.29, 1.82) is 0 Å². The van der Waals surface area contributed by atoms with E-state index in [-0.39, 0.29) is 5.91 Å². The number of nitrogens with one attached hydrogen (secondary N) is 1. The summed E-state index contributed by atoms with van der Waals surface area (Å²) in [5.41, 5.74) is 2.07. The van der Waals surface area contributed by atoms with Crippen molar-refractivity contribution in [1.82, 2.24) is 15.2 Å². The number of hydrazine groups is 1. The molecule has 3 N–H and O–H groups in total. The van der Waals surface area contributed by atoms with E-state index in [9.17, 15) is 18.0 Å². The zero-order valence-electron chi connectivity index (χ0n) is 10.9. The SMILES string of the molecule is NNC(=O)CCCCN1CCN(CC(F)(F)F)CC1. The highest BCUT2D eigenvalue weighted by Crippen LogP contribution is 2.17. The van der Waals surface area contributed by atoms with Gasteiger partial charge < -0.3 is 4.90 Å². The van der Waals surface area contributed by atoms with Crippen molar-refractivity contribution in [2.45, 2.75) is 25.4 Å². The van der Waals surface area contributed by atoms with Crippen LogP contribution in [0.3, 0.4) is 0 Å². The maximum atomic E-state index is 12.2. The second-order valence-electron chi connectivity index (χ2n) is 4.76. The van der Waals surface area contributed by atoms with Gasteiger partial charge in [-0.2, -0.15) is 13.2 Å². The number of amides is 1. The minimum atomic E-state index is -4.11. The van der Waals surface area contributed by atoms with Crippen LogP contribution in [-0.2, 0) is 4.79 Å². The normalized spacial score (nSPS) is 18.5. The summed E-state index contributed by atoms with van der Waals surface area (Å²) < 4.78 is 36.6. The van der Waals surface area contributed by atoms with E-state index in [1.807, 2.05) is 0 Å². The Balaban J connectivity index is 2.08. The first-order chi connectivity index (χ1) is 8.90. The summed E-state index contributed by atoms with van der Waals surface area (Å²) in [6.07, 6.45) is -2.12. The molecule has 0 bridgehead atoms. The van der Waals surface area contributed by atoms with Crippen molar-refractivity contribution < 1.29 is 18.0 Å². The van der Waals surface area contributed by atoms with Gasteiger partial charge in [0, 0.05) is 32.6 Å². The van der Waals surface area contributed by atoms with E-state index < -0.39 is 12.7 Å². The van der Waals surface area contributed by atoms with Gasteiger partial charge in [0.1, 0.15) is 0 Å². The van der Waals surface area contributed by atoms with Crippen molar-refractivity contribution in [2.75, 3.05) is 39.3 Å². The Kier molecular flexibility index (Phi) is 6.53. The first kappa shape index (κ1) is 16.2. The lowest BCUT2D eigenvalue weighted by Gasteiger charge is -2.34. The molecule has 8 heteroatoms. The molecular formula is C11H21F3N4O. The number of rotatable bonds is 6. The molecule has 1 rings (SSSR count). The fourth-order valence-electron chi connectivity index (χ4n) is 2.12. The van der Waals surface area contributed by atoms with Gasteiger partial charge in [0.2, 0.25) is 5.91 Å². The van der Waals surface area contributed by atoms with Crippen LogP contribution in [0.15, 0.2) is 0 Å². The molecule has 0 aromatic carbocycles. The lowest BCUT2D eigenvalue weighted by molar-refractivity contribution is -0.149. The summed E-state index contributed by atoms with van der Waals surface area (Å²) in [6.45, 7) is 2.19. The van der Waals surface area contributed by atoms with E-state index >= 15 is 0 Å². The Morgan fingerprint density at radius 3 is 2.21 bits per heavy atom.